The predicted molar refractivity (Wildman–Crippen MR) is 84.0 cm³/mol. The van der Waals surface area contributed by atoms with Crippen LogP contribution in [-0.4, -0.2) is 29.0 Å². The molecule has 22 heavy (non-hydrogen) atoms. The molecule has 0 bridgehead atoms. The molecular weight excluding hydrogens is 370 g/mol. The van der Waals surface area contributed by atoms with Crippen LogP contribution in [0.15, 0.2) is 57.9 Å². The van der Waals surface area contributed by atoms with E-state index in [4.69, 9.17) is 0 Å². The zero-order valence-electron chi connectivity index (χ0n) is 11.0. The Kier molecular flexibility index (Phi) is 3.90. The van der Waals surface area contributed by atoms with E-state index < -0.39 is 10.0 Å². The molecule has 0 saturated carbocycles. The minimum absolute atomic E-state index is 0.117. The van der Waals surface area contributed by atoms with Gasteiger partial charge in [-0.05, 0) is 23.4 Å². The maximum absolute atomic E-state index is 12.3. The molecule has 0 unspecified atom stereocenters. The van der Waals surface area contributed by atoms with E-state index in [-0.39, 0.29) is 4.90 Å². The van der Waals surface area contributed by atoms with E-state index in [0.717, 1.165) is 0 Å². The molecule has 1 aromatic heterocycles. The van der Waals surface area contributed by atoms with Crippen molar-refractivity contribution in [3.05, 3.63) is 57.7 Å². The number of halogens is 1. The summed E-state index contributed by atoms with van der Waals surface area (Å²) < 4.78 is 29.1. The first-order valence-corrected chi connectivity index (χ1v) is 8.35. The van der Waals surface area contributed by atoms with Crippen LogP contribution >= 0.6 is 15.9 Å². The third kappa shape index (κ3) is 3.15. The quantitative estimate of drug-likeness (QED) is 0.751. The van der Waals surface area contributed by atoms with Gasteiger partial charge in [-0.15, -0.1) is 15.9 Å². The number of aromatic nitrogens is 4. The Hall–Kier alpha value is -2.26. The Labute approximate surface area is 134 Å². The van der Waals surface area contributed by atoms with Crippen molar-refractivity contribution in [2.24, 2.45) is 0 Å². The van der Waals surface area contributed by atoms with Crippen LogP contribution in [0.3, 0.4) is 0 Å². The fourth-order valence-electron chi connectivity index (χ4n) is 1.80. The molecule has 0 aliphatic heterocycles. The van der Waals surface area contributed by atoms with Crippen LogP contribution < -0.4 is 0 Å². The van der Waals surface area contributed by atoms with Crippen molar-refractivity contribution in [2.45, 2.75) is 4.90 Å². The minimum atomic E-state index is -3.79. The first-order chi connectivity index (χ1) is 10.5. The highest BCUT2D eigenvalue weighted by atomic mass is 79.9. The summed E-state index contributed by atoms with van der Waals surface area (Å²) in [5, 5.41) is 13.5. The molecule has 1 N–H and O–H groups in total. The Morgan fingerprint density at radius 3 is 2.64 bits per heavy atom. The highest BCUT2D eigenvalue weighted by Gasteiger charge is 2.06. The molecule has 0 fully saturated rings. The van der Waals surface area contributed by atoms with Crippen molar-refractivity contribution in [1.82, 2.24) is 20.6 Å². The zero-order chi connectivity index (χ0) is 15.6. The second kappa shape index (κ2) is 5.85. The Bertz CT molecular complexity index is 896. The zero-order valence-corrected chi connectivity index (χ0v) is 13.4. The number of tetrazole rings is 1. The standard InChI is InChI=1S/C13H9BrN5O2S/c14-10-4-2-6-12(8-10)22(20,21)17-11-5-1-3-9(7-11)13-15-18-19-16-13/h1-8H,(H,15,16,18,19)/q-1. The first-order valence-electron chi connectivity index (χ1n) is 6.12. The molecule has 0 aliphatic carbocycles. The van der Waals surface area contributed by atoms with Crippen molar-refractivity contribution in [1.29, 1.82) is 0 Å². The molecule has 0 amide bonds. The number of hydrogen-bond acceptors (Lipinski definition) is 5. The van der Waals surface area contributed by atoms with Crippen LogP contribution in [0.4, 0.5) is 5.69 Å². The van der Waals surface area contributed by atoms with Gasteiger partial charge in [0.05, 0.1) is 4.90 Å². The number of H-pyrrole nitrogens is 1. The largest absolute Gasteiger partial charge is 0.573 e. The van der Waals surface area contributed by atoms with Crippen molar-refractivity contribution in [2.75, 3.05) is 0 Å². The SMILES string of the molecule is O=S(=O)([N-]c1cccc(-c2nn[nH]n2)c1)c1cccc(Br)c1. The van der Waals surface area contributed by atoms with Gasteiger partial charge in [0.1, 0.15) is 10.0 Å². The van der Waals surface area contributed by atoms with Gasteiger partial charge in [-0.2, -0.15) is 5.21 Å². The number of sulfonamides is 1. The highest BCUT2D eigenvalue weighted by Crippen LogP contribution is 2.31. The van der Waals surface area contributed by atoms with Crippen LogP contribution in [0, 0.1) is 0 Å². The predicted octanol–water partition coefficient (Wildman–Crippen LogP) is 3.02. The van der Waals surface area contributed by atoms with Crippen LogP contribution in [0.5, 0.6) is 0 Å². The van der Waals surface area contributed by atoms with E-state index in [2.05, 4.69) is 41.3 Å². The van der Waals surface area contributed by atoms with Gasteiger partial charge < -0.3 is 4.72 Å². The summed E-state index contributed by atoms with van der Waals surface area (Å²) in [4.78, 5) is 0.117. The molecule has 112 valence electrons. The number of nitrogens with zero attached hydrogens (tertiary/aromatic N) is 4. The Morgan fingerprint density at radius 1 is 1.09 bits per heavy atom. The van der Waals surface area contributed by atoms with Crippen LogP contribution in [0.2, 0.25) is 0 Å². The third-order valence-corrected chi connectivity index (χ3v) is 4.56. The third-order valence-electron chi connectivity index (χ3n) is 2.77. The summed E-state index contributed by atoms with van der Waals surface area (Å²) in [5.74, 6) is 0.372. The Balaban J connectivity index is 1.91. The summed E-state index contributed by atoms with van der Waals surface area (Å²) in [6, 6.07) is 13.0. The van der Waals surface area contributed by atoms with Crippen molar-refractivity contribution < 1.29 is 8.42 Å². The first kappa shape index (κ1) is 14.7. The van der Waals surface area contributed by atoms with Crippen molar-refractivity contribution in [3.63, 3.8) is 0 Å². The number of nitrogens with one attached hydrogen (secondary N) is 1. The fraction of sp³-hybridized carbons (Fsp3) is 0. The van der Waals surface area contributed by atoms with Gasteiger partial charge in [0.25, 0.3) is 0 Å². The van der Waals surface area contributed by atoms with Gasteiger partial charge in [-0.25, -0.2) is 8.42 Å². The molecule has 0 spiro atoms. The summed E-state index contributed by atoms with van der Waals surface area (Å²) in [7, 11) is -3.79. The lowest BCUT2D eigenvalue weighted by atomic mass is 10.2. The van der Waals surface area contributed by atoms with Crippen molar-refractivity contribution in [3.8, 4) is 11.4 Å². The molecule has 2 aromatic carbocycles. The number of aromatic amines is 1. The van der Waals surface area contributed by atoms with Gasteiger partial charge >= 0.3 is 0 Å². The average Bonchev–Trinajstić information content (AvgIpc) is 3.01. The second-order valence-electron chi connectivity index (χ2n) is 4.31. The molecule has 1 heterocycles. The molecule has 0 atom stereocenters. The minimum Gasteiger partial charge on any atom is -0.573 e. The van der Waals surface area contributed by atoms with E-state index in [9.17, 15) is 8.42 Å². The summed E-state index contributed by atoms with van der Waals surface area (Å²) in [5.41, 5.74) is 0.918. The molecule has 3 aromatic rings. The normalized spacial score (nSPS) is 11.3. The van der Waals surface area contributed by atoms with Gasteiger partial charge in [-0.3, -0.25) is 0 Å². The molecular formula is C13H9BrN5O2S-. The maximum Gasteiger partial charge on any atom is 0.204 e. The fourth-order valence-corrected chi connectivity index (χ4v) is 3.38. The average molecular weight is 379 g/mol. The van der Waals surface area contributed by atoms with Crippen LogP contribution in [0.1, 0.15) is 0 Å². The highest BCUT2D eigenvalue weighted by molar-refractivity contribution is 9.10. The van der Waals surface area contributed by atoms with Crippen LogP contribution in [0.25, 0.3) is 16.1 Å². The monoisotopic (exact) mass is 378 g/mol. The maximum atomic E-state index is 12.3. The lowest BCUT2D eigenvalue weighted by Crippen LogP contribution is -1.97. The van der Waals surface area contributed by atoms with Crippen LogP contribution in [-0.2, 0) is 10.0 Å². The number of rotatable bonds is 4. The van der Waals surface area contributed by atoms with Gasteiger partial charge in [-0.1, -0.05) is 46.3 Å². The molecule has 9 heteroatoms. The molecule has 7 nitrogen and oxygen atoms in total. The van der Waals surface area contributed by atoms with Gasteiger partial charge in [0.15, 0.2) is 0 Å². The van der Waals surface area contributed by atoms with Crippen molar-refractivity contribution >= 4 is 31.6 Å². The Morgan fingerprint density at radius 2 is 1.91 bits per heavy atom. The molecule has 0 saturated heterocycles. The summed E-state index contributed by atoms with van der Waals surface area (Å²) in [6.45, 7) is 0. The molecule has 0 radical (unpaired) electrons. The molecule has 3 rings (SSSR count). The van der Waals surface area contributed by atoms with E-state index in [1.165, 1.54) is 12.1 Å². The number of hydrogen-bond donors (Lipinski definition) is 1. The van der Waals surface area contributed by atoms with E-state index in [0.29, 0.717) is 21.5 Å². The van der Waals surface area contributed by atoms with Gasteiger partial charge in [0, 0.05) is 10.0 Å². The molecule has 0 aliphatic rings. The second-order valence-corrected chi connectivity index (χ2v) is 6.83. The summed E-state index contributed by atoms with van der Waals surface area (Å²) in [6.07, 6.45) is 0. The summed E-state index contributed by atoms with van der Waals surface area (Å²) >= 11 is 3.24. The van der Waals surface area contributed by atoms with E-state index in [1.807, 2.05) is 0 Å². The lowest BCUT2D eigenvalue weighted by molar-refractivity contribution is 0.603. The topological polar surface area (TPSA) is 103 Å². The van der Waals surface area contributed by atoms with Gasteiger partial charge in [0.2, 0.25) is 5.82 Å². The number of benzene rings is 2. The van der Waals surface area contributed by atoms with E-state index >= 15 is 0 Å². The van der Waals surface area contributed by atoms with E-state index in [1.54, 1.807) is 36.4 Å². The lowest BCUT2D eigenvalue weighted by Gasteiger charge is -2.22. The smallest absolute Gasteiger partial charge is 0.204 e.